The predicted molar refractivity (Wildman–Crippen MR) is 92.1 cm³/mol. The number of unbranched alkanes of at least 4 members (excludes halogenated alkanes) is 4. The summed E-state index contributed by atoms with van der Waals surface area (Å²) in [6.45, 7) is 6.50. The van der Waals surface area contributed by atoms with Gasteiger partial charge in [0.25, 0.3) is 0 Å². The second-order valence-corrected chi connectivity index (χ2v) is 3.90. The monoisotopic (exact) mass is 305 g/mol. The molecule has 0 aromatic rings. The van der Waals surface area contributed by atoms with Crippen LogP contribution in [0.3, 0.4) is 0 Å². The summed E-state index contributed by atoms with van der Waals surface area (Å²) < 4.78 is 0. The number of nitrogens with zero attached hydrogens (tertiary/aromatic N) is 1. The fraction of sp³-hybridized carbons (Fsp3) is 0.846. The van der Waals surface area contributed by atoms with Crippen LogP contribution in [0, 0.1) is 0 Å². The van der Waals surface area contributed by atoms with Crippen molar-refractivity contribution in [2.24, 2.45) is 0 Å². The van der Waals surface area contributed by atoms with Crippen molar-refractivity contribution < 1.29 is 0 Å². The SMILES string of the molecule is CCC.CCCCCCC=CN(C)C.Cl.Cl.N.N. The Bertz CT molecular complexity index is 121. The average molecular weight is 306 g/mol. The number of rotatable bonds is 6. The highest BCUT2D eigenvalue weighted by atomic mass is 35.5. The highest BCUT2D eigenvalue weighted by Gasteiger charge is 1.83. The quantitative estimate of drug-likeness (QED) is 0.626. The van der Waals surface area contributed by atoms with Gasteiger partial charge in [0.05, 0.1) is 0 Å². The van der Waals surface area contributed by atoms with Crippen molar-refractivity contribution in [1.29, 1.82) is 0 Å². The van der Waals surface area contributed by atoms with Gasteiger partial charge in [-0.2, -0.15) is 0 Å². The molecule has 0 heterocycles. The smallest absolute Gasteiger partial charge is 0.00555 e. The van der Waals surface area contributed by atoms with Crippen molar-refractivity contribution in [1.82, 2.24) is 17.2 Å². The van der Waals surface area contributed by atoms with Crippen molar-refractivity contribution in [2.45, 2.75) is 59.3 Å². The van der Waals surface area contributed by atoms with Crippen molar-refractivity contribution >= 4 is 24.8 Å². The first kappa shape index (κ1) is 36.1. The molecule has 0 saturated carbocycles. The second-order valence-electron chi connectivity index (χ2n) is 3.90. The van der Waals surface area contributed by atoms with Gasteiger partial charge in [-0.15, -0.1) is 24.8 Å². The minimum atomic E-state index is 0. The lowest BCUT2D eigenvalue weighted by Crippen LogP contribution is -1.99. The van der Waals surface area contributed by atoms with Crippen LogP contribution in [-0.2, 0) is 0 Å². The van der Waals surface area contributed by atoms with Gasteiger partial charge >= 0.3 is 0 Å². The van der Waals surface area contributed by atoms with Gasteiger partial charge in [-0.05, 0) is 19.0 Å². The maximum absolute atomic E-state index is 2.25. The van der Waals surface area contributed by atoms with Gasteiger partial charge in [0.1, 0.15) is 0 Å². The van der Waals surface area contributed by atoms with E-state index in [1.807, 2.05) is 0 Å². The Morgan fingerprint density at radius 1 is 0.833 bits per heavy atom. The number of halogens is 2. The zero-order valence-corrected chi connectivity index (χ0v) is 14.7. The minimum absolute atomic E-state index is 0. The van der Waals surface area contributed by atoms with E-state index in [-0.39, 0.29) is 37.1 Å². The van der Waals surface area contributed by atoms with Gasteiger partial charge in [-0.25, -0.2) is 0 Å². The summed E-state index contributed by atoms with van der Waals surface area (Å²) in [6.07, 6.45) is 12.3. The van der Waals surface area contributed by atoms with E-state index in [1.165, 1.54) is 38.5 Å². The molecule has 18 heavy (non-hydrogen) atoms. The Kier molecular flexibility index (Phi) is 72.2. The van der Waals surface area contributed by atoms with Crippen LogP contribution < -0.4 is 12.3 Å². The first-order chi connectivity index (χ1) is 6.68. The maximum Gasteiger partial charge on any atom is 0.00555 e. The zero-order chi connectivity index (χ0) is 11.2. The fourth-order valence-electron chi connectivity index (χ4n) is 0.974. The summed E-state index contributed by atoms with van der Waals surface area (Å²) in [4.78, 5) is 2.08. The Morgan fingerprint density at radius 2 is 1.28 bits per heavy atom. The van der Waals surface area contributed by atoms with Crippen LogP contribution in [0.15, 0.2) is 12.3 Å². The van der Waals surface area contributed by atoms with E-state index in [2.05, 4.69) is 52.0 Å². The Balaban J connectivity index is -0.0000000469. The third-order valence-corrected chi connectivity index (χ3v) is 1.63. The molecule has 0 radical (unpaired) electrons. The maximum atomic E-state index is 2.25. The van der Waals surface area contributed by atoms with E-state index in [4.69, 9.17) is 0 Å². The van der Waals surface area contributed by atoms with Crippen LogP contribution in [0.4, 0.5) is 0 Å². The summed E-state index contributed by atoms with van der Waals surface area (Å²) in [5.74, 6) is 0. The zero-order valence-electron chi connectivity index (χ0n) is 13.1. The third-order valence-electron chi connectivity index (χ3n) is 1.63. The van der Waals surface area contributed by atoms with Gasteiger partial charge in [0, 0.05) is 14.1 Å². The van der Waals surface area contributed by atoms with E-state index < -0.39 is 0 Å². The molecule has 0 aromatic heterocycles. The fourth-order valence-corrected chi connectivity index (χ4v) is 0.974. The molecule has 0 aliphatic heterocycles. The molecule has 0 aromatic carbocycles. The van der Waals surface area contributed by atoms with Crippen molar-refractivity contribution in [3.05, 3.63) is 12.3 Å². The van der Waals surface area contributed by atoms with Crippen molar-refractivity contribution in [3.8, 4) is 0 Å². The predicted octanol–water partition coefficient (Wildman–Crippen LogP) is 5.62. The Labute approximate surface area is 128 Å². The van der Waals surface area contributed by atoms with Crippen molar-refractivity contribution in [2.75, 3.05) is 14.1 Å². The highest BCUT2D eigenvalue weighted by Crippen LogP contribution is 2.02. The summed E-state index contributed by atoms with van der Waals surface area (Å²) >= 11 is 0. The lowest BCUT2D eigenvalue weighted by Gasteiger charge is -2.02. The molecule has 0 atom stereocenters. The standard InChI is InChI=1S/C10H21N.C3H8.2ClH.2H3N/c1-4-5-6-7-8-9-10-11(2)3;1-3-2;;;;/h9-10H,4-8H2,1-3H3;3H2,1-2H3;2*1H;2*1H3. The van der Waals surface area contributed by atoms with Gasteiger partial charge < -0.3 is 17.2 Å². The van der Waals surface area contributed by atoms with Gasteiger partial charge in [-0.3, -0.25) is 0 Å². The van der Waals surface area contributed by atoms with Gasteiger partial charge in [-0.1, -0.05) is 52.5 Å². The molecule has 0 unspecified atom stereocenters. The molecule has 0 amide bonds. The summed E-state index contributed by atoms with van der Waals surface area (Å²) in [7, 11) is 4.12. The Hall–Kier alpha value is 0.0400. The molecule has 0 fully saturated rings. The highest BCUT2D eigenvalue weighted by molar-refractivity contribution is 5.85. The topological polar surface area (TPSA) is 73.2 Å². The average Bonchev–Trinajstić information content (AvgIpc) is 2.12. The molecule has 0 rings (SSSR count). The molecule has 118 valence electrons. The van der Waals surface area contributed by atoms with E-state index >= 15 is 0 Å². The molecular formula is C13H37Cl2N3. The summed E-state index contributed by atoms with van der Waals surface area (Å²) in [6, 6.07) is 0. The van der Waals surface area contributed by atoms with Gasteiger partial charge in [0.2, 0.25) is 0 Å². The van der Waals surface area contributed by atoms with E-state index in [0.29, 0.717) is 0 Å². The number of hydrogen-bond donors (Lipinski definition) is 2. The molecule has 0 spiro atoms. The van der Waals surface area contributed by atoms with Crippen LogP contribution in [-0.4, -0.2) is 19.0 Å². The largest absolute Gasteiger partial charge is 0.384 e. The summed E-state index contributed by atoms with van der Waals surface area (Å²) in [5.41, 5.74) is 0. The first-order valence-corrected chi connectivity index (χ1v) is 6.02. The molecule has 0 aliphatic rings. The first-order valence-electron chi connectivity index (χ1n) is 6.02. The second kappa shape index (κ2) is 36.0. The van der Waals surface area contributed by atoms with Crippen LogP contribution in [0.2, 0.25) is 0 Å². The molecule has 0 saturated heterocycles. The third kappa shape index (κ3) is 56.1. The van der Waals surface area contributed by atoms with Crippen LogP contribution in [0.1, 0.15) is 59.3 Å². The van der Waals surface area contributed by atoms with Crippen LogP contribution >= 0.6 is 24.8 Å². The minimum Gasteiger partial charge on any atom is -0.384 e. The molecule has 0 bridgehead atoms. The van der Waals surface area contributed by atoms with E-state index in [1.54, 1.807) is 0 Å². The molecular weight excluding hydrogens is 269 g/mol. The number of allylic oxidation sites excluding steroid dienone is 1. The molecule has 3 nitrogen and oxygen atoms in total. The molecule has 0 aliphatic carbocycles. The summed E-state index contributed by atoms with van der Waals surface area (Å²) in [5, 5.41) is 0. The van der Waals surface area contributed by atoms with E-state index in [0.717, 1.165) is 0 Å². The Morgan fingerprint density at radius 3 is 1.61 bits per heavy atom. The lowest BCUT2D eigenvalue weighted by molar-refractivity contribution is 0.558. The van der Waals surface area contributed by atoms with Crippen LogP contribution in [0.5, 0.6) is 0 Å². The lowest BCUT2D eigenvalue weighted by atomic mass is 10.1. The molecule has 6 N–H and O–H groups in total. The number of hydrogen-bond acceptors (Lipinski definition) is 3. The molecule has 5 heteroatoms. The van der Waals surface area contributed by atoms with E-state index in [9.17, 15) is 0 Å². The van der Waals surface area contributed by atoms with Gasteiger partial charge in [0.15, 0.2) is 0 Å². The normalized spacial score (nSPS) is 7.61. The van der Waals surface area contributed by atoms with Crippen molar-refractivity contribution in [3.63, 3.8) is 0 Å². The van der Waals surface area contributed by atoms with Crippen LogP contribution in [0.25, 0.3) is 0 Å².